The van der Waals surface area contributed by atoms with Crippen LogP contribution >= 0.6 is 0 Å². The van der Waals surface area contributed by atoms with Crippen molar-refractivity contribution in [2.45, 2.75) is 38.1 Å². The zero-order valence-electron chi connectivity index (χ0n) is 9.93. The predicted molar refractivity (Wildman–Crippen MR) is 60.5 cm³/mol. The van der Waals surface area contributed by atoms with Crippen LogP contribution in [0.2, 0.25) is 0 Å². The van der Waals surface area contributed by atoms with E-state index in [-0.39, 0.29) is 24.3 Å². The first kappa shape index (κ1) is 12.4. The molecule has 0 aromatic rings. The Kier molecular flexibility index (Phi) is 3.99. The van der Waals surface area contributed by atoms with Crippen LogP contribution in [0.4, 0.5) is 0 Å². The summed E-state index contributed by atoms with van der Waals surface area (Å²) < 4.78 is 5.32. The molecular weight excluding hydrogens is 222 g/mol. The molecule has 0 spiro atoms. The van der Waals surface area contributed by atoms with Crippen LogP contribution in [0, 0.1) is 5.92 Å². The second-order valence-electron chi connectivity index (χ2n) is 4.84. The van der Waals surface area contributed by atoms with Crippen LogP contribution < -0.4 is 0 Å². The summed E-state index contributed by atoms with van der Waals surface area (Å²) in [5, 5.41) is 8.82. The first-order chi connectivity index (χ1) is 8.18. The molecule has 2 aliphatic heterocycles. The van der Waals surface area contributed by atoms with Gasteiger partial charge >= 0.3 is 5.97 Å². The zero-order chi connectivity index (χ0) is 12.3. The Morgan fingerprint density at radius 2 is 2.12 bits per heavy atom. The third-order valence-corrected chi connectivity index (χ3v) is 3.58. The third-order valence-electron chi connectivity index (χ3n) is 3.58. The minimum Gasteiger partial charge on any atom is -0.481 e. The molecule has 0 bridgehead atoms. The molecule has 0 aliphatic carbocycles. The van der Waals surface area contributed by atoms with Crippen LogP contribution in [0.1, 0.15) is 32.1 Å². The summed E-state index contributed by atoms with van der Waals surface area (Å²) >= 11 is 0. The second kappa shape index (κ2) is 5.49. The summed E-state index contributed by atoms with van der Waals surface area (Å²) in [4.78, 5) is 24.7. The molecule has 0 radical (unpaired) electrons. The van der Waals surface area contributed by atoms with E-state index in [9.17, 15) is 9.59 Å². The first-order valence-electron chi connectivity index (χ1n) is 6.28. The lowest BCUT2D eigenvalue weighted by Gasteiger charge is -2.30. The van der Waals surface area contributed by atoms with Gasteiger partial charge in [0.1, 0.15) is 0 Å². The zero-order valence-corrected chi connectivity index (χ0v) is 9.93. The highest BCUT2D eigenvalue weighted by atomic mass is 16.5. The van der Waals surface area contributed by atoms with Crippen LogP contribution in [-0.2, 0) is 14.3 Å². The summed E-state index contributed by atoms with van der Waals surface area (Å²) in [6.45, 7) is 1.94. The number of rotatable bonds is 3. The Morgan fingerprint density at radius 1 is 1.29 bits per heavy atom. The lowest BCUT2D eigenvalue weighted by molar-refractivity contribution is -0.143. The SMILES string of the molecule is O=C(O)CC1CCCN1C(=O)C1CCCOC1. The van der Waals surface area contributed by atoms with Gasteiger partial charge in [0.2, 0.25) is 5.91 Å². The van der Waals surface area contributed by atoms with Crippen LogP contribution in [-0.4, -0.2) is 47.7 Å². The van der Waals surface area contributed by atoms with Gasteiger partial charge in [-0.25, -0.2) is 0 Å². The number of amides is 1. The van der Waals surface area contributed by atoms with Gasteiger partial charge in [0.15, 0.2) is 0 Å². The number of carboxylic acids is 1. The van der Waals surface area contributed by atoms with E-state index >= 15 is 0 Å². The summed E-state index contributed by atoms with van der Waals surface area (Å²) in [6, 6.07) is -0.109. The molecule has 0 saturated carbocycles. The maximum Gasteiger partial charge on any atom is 0.305 e. The van der Waals surface area contributed by atoms with E-state index < -0.39 is 5.97 Å². The number of nitrogens with zero attached hydrogens (tertiary/aromatic N) is 1. The average molecular weight is 241 g/mol. The molecule has 2 saturated heterocycles. The molecule has 2 fully saturated rings. The van der Waals surface area contributed by atoms with E-state index in [1.807, 2.05) is 0 Å². The number of hydrogen-bond donors (Lipinski definition) is 1. The number of likely N-dealkylation sites (tertiary alicyclic amines) is 1. The molecule has 5 nitrogen and oxygen atoms in total. The number of carbonyl (C=O) groups excluding carboxylic acids is 1. The van der Waals surface area contributed by atoms with Gasteiger partial charge in [-0.05, 0) is 25.7 Å². The fourth-order valence-electron chi connectivity index (χ4n) is 2.71. The van der Waals surface area contributed by atoms with E-state index in [1.165, 1.54) is 0 Å². The molecule has 0 aromatic carbocycles. The fraction of sp³-hybridized carbons (Fsp3) is 0.833. The molecule has 2 rings (SSSR count). The summed E-state index contributed by atoms with van der Waals surface area (Å²) in [5.74, 6) is -0.791. The van der Waals surface area contributed by atoms with E-state index in [0.29, 0.717) is 13.2 Å². The first-order valence-corrected chi connectivity index (χ1v) is 6.28. The second-order valence-corrected chi connectivity index (χ2v) is 4.84. The molecular formula is C12H19NO4. The summed E-state index contributed by atoms with van der Waals surface area (Å²) in [7, 11) is 0. The predicted octanol–water partition coefficient (Wildman–Crippen LogP) is 0.879. The van der Waals surface area contributed by atoms with Crippen molar-refractivity contribution in [2.75, 3.05) is 19.8 Å². The van der Waals surface area contributed by atoms with E-state index in [1.54, 1.807) is 4.90 Å². The van der Waals surface area contributed by atoms with Gasteiger partial charge in [-0.3, -0.25) is 9.59 Å². The molecule has 5 heteroatoms. The topological polar surface area (TPSA) is 66.8 Å². The van der Waals surface area contributed by atoms with Gasteiger partial charge in [0.25, 0.3) is 0 Å². The number of carbonyl (C=O) groups is 2. The molecule has 2 aliphatic rings. The van der Waals surface area contributed by atoms with Crippen molar-refractivity contribution in [2.24, 2.45) is 5.92 Å². The van der Waals surface area contributed by atoms with Crippen molar-refractivity contribution in [3.05, 3.63) is 0 Å². The minimum absolute atomic E-state index is 0.0573. The fourth-order valence-corrected chi connectivity index (χ4v) is 2.71. The highest BCUT2D eigenvalue weighted by Crippen LogP contribution is 2.25. The van der Waals surface area contributed by atoms with Crippen LogP contribution in [0.5, 0.6) is 0 Å². The van der Waals surface area contributed by atoms with Crippen molar-refractivity contribution in [1.29, 1.82) is 0 Å². The quantitative estimate of drug-likeness (QED) is 0.796. The van der Waals surface area contributed by atoms with Gasteiger partial charge in [-0.2, -0.15) is 0 Å². The Bertz CT molecular complexity index is 299. The monoisotopic (exact) mass is 241 g/mol. The molecule has 96 valence electrons. The lowest BCUT2D eigenvalue weighted by Crippen LogP contribution is -2.42. The van der Waals surface area contributed by atoms with Crippen molar-refractivity contribution in [3.63, 3.8) is 0 Å². The van der Waals surface area contributed by atoms with E-state index in [2.05, 4.69) is 0 Å². The highest BCUT2D eigenvalue weighted by Gasteiger charge is 2.34. The summed E-state index contributed by atoms with van der Waals surface area (Å²) in [6.07, 6.45) is 3.59. The molecule has 0 aromatic heterocycles. The Balaban J connectivity index is 1.94. The van der Waals surface area contributed by atoms with Crippen LogP contribution in [0.3, 0.4) is 0 Å². The molecule has 1 amide bonds. The van der Waals surface area contributed by atoms with E-state index in [4.69, 9.17) is 9.84 Å². The minimum atomic E-state index is -0.824. The Labute approximate surface area is 101 Å². The molecule has 17 heavy (non-hydrogen) atoms. The van der Waals surface area contributed by atoms with Crippen molar-refractivity contribution >= 4 is 11.9 Å². The van der Waals surface area contributed by atoms with Crippen LogP contribution in [0.15, 0.2) is 0 Å². The molecule has 2 atom stereocenters. The molecule has 1 N–H and O–H groups in total. The molecule has 2 heterocycles. The van der Waals surface area contributed by atoms with Crippen molar-refractivity contribution in [1.82, 2.24) is 4.90 Å². The van der Waals surface area contributed by atoms with Crippen molar-refractivity contribution in [3.8, 4) is 0 Å². The number of ether oxygens (including phenoxy) is 1. The van der Waals surface area contributed by atoms with Gasteiger partial charge in [0, 0.05) is 19.2 Å². The van der Waals surface area contributed by atoms with Gasteiger partial charge in [0.05, 0.1) is 18.9 Å². The maximum absolute atomic E-state index is 12.2. The Hall–Kier alpha value is -1.10. The van der Waals surface area contributed by atoms with Crippen LogP contribution in [0.25, 0.3) is 0 Å². The number of hydrogen-bond acceptors (Lipinski definition) is 3. The smallest absolute Gasteiger partial charge is 0.305 e. The van der Waals surface area contributed by atoms with E-state index in [0.717, 1.165) is 32.3 Å². The summed E-state index contributed by atoms with van der Waals surface area (Å²) in [5.41, 5.74) is 0. The average Bonchev–Trinajstić information content (AvgIpc) is 2.76. The highest BCUT2D eigenvalue weighted by molar-refractivity contribution is 5.80. The normalized spacial score (nSPS) is 29.3. The number of aliphatic carboxylic acids is 1. The number of carboxylic acid groups (broad SMARTS) is 1. The van der Waals surface area contributed by atoms with Gasteiger partial charge in [-0.15, -0.1) is 0 Å². The maximum atomic E-state index is 12.2. The van der Waals surface area contributed by atoms with Crippen molar-refractivity contribution < 1.29 is 19.4 Å². The van der Waals surface area contributed by atoms with Gasteiger partial charge < -0.3 is 14.7 Å². The molecule has 2 unspecified atom stereocenters. The third kappa shape index (κ3) is 2.97. The van der Waals surface area contributed by atoms with Gasteiger partial charge in [-0.1, -0.05) is 0 Å². The lowest BCUT2D eigenvalue weighted by atomic mass is 10.00. The Morgan fingerprint density at radius 3 is 2.76 bits per heavy atom. The standard InChI is InChI=1S/C12H19NO4/c14-11(15)7-10-4-1-5-13(10)12(16)9-3-2-6-17-8-9/h9-10H,1-8H2,(H,14,15). The largest absolute Gasteiger partial charge is 0.481 e.